The number of carbonyl (C=O) groups excluding carboxylic acids is 2. The average molecular weight is 551 g/mol. The number of nitrogens with one attached hydrogen (secondary N) is 1. The number of ether oxygens (including phenoxy) is 3. The van der Waals surface area contributed by atoms with Gasteiger partial charge in [0.25, 0.3) is 0 Å². The van der Waals surface area contributed by atoms with Gasteiger partial charge in [0.15, 0.2) is 11.5 Å². The van der Waals surface area contributed by atoms with Crippen molar-refractivity contribution in [1.82, 2.24) is 20.0 Å². The zero-order chi connectivity index (χ0) is 28.3. The second kappa shape index (κ2) is 12.1. The van der Waals surface area contributed by atoms with E-state index in [-0.39, 0.29) is 36.1 Å². The van der Waals surface area contributed by atoms with Crippen molar-refractivity contribution >= 4 is 11.8 Å². The smallest absolute Gasteiger partial charge is 0.240 e. The summed E-state index contributed by atoms with van der Waals surface area (Å²) >= 11 is 0. The molecule has 0 saturated carbocycles. The number of hydrogen-bond donors (Lipinski definition) is 1. The van der Waals surface area contributed by atoms with E-state index in [0.717, 1.165) is 41.5 Å². The van der Waals surface area contributed by atoms with Crippen molar-refractivity contribution in [3.05, 3.63) is 53.6 Å². The Morgan fingerprint density at radius 3 is 2.58 bits per heavy atom. The normalized spacial score (nSPS) is 20.9. The van der Waals surface area contributed by atoms with Crippen molar-refractivity contribution < 1.29 is 23.8 Å². The number of hydrogen-bond acceptors (Lipinski definition) is 7. The molecule has 1 N–H and O–H groups in total. The zero-order valence-electron chi connectivity index (χ0n) is 24.2. The molecule has 0 bridgehead atoms. The van der Waals surface area contributed by atoms with E-state index in [1.165, 1.54) is 0 Å². The molecule has 0 unspecified atom stereocenters. The molecule has 3 heterocycles. The van der Waals surface area contributed by atoms with Crippen LogP contribution in [-0.4, -0.2) is 85.2 Å². The first-order valence-electron chi connectivity index (χ1n) is 14.2. The monoisotopic (exact) mass is 550 g/mol. The van der Waals surface area contributed by atoms with Gasteiger partial charge in [-0.3, -0.25) is 14.5 Å². The Labute approximate surface area is 237 Å². The third kappa shape index (κ3) is 6.70. The highest BCUT2D eigenvalue weighted by molar-refractivity contribution is 5.83. The van der Waals surface area contributed by atoms with Crippen LogP contribution in [0.3, 0.4) is 0 Å². The van der Waals surface area contributed by atoms with Crippen LogP contribution < -0.4 is 19.5 Å². The van der Waals surface area contributed by atoms with Gasteiger partial charge in [0.05, 0.1) is 13.2 Å². The van der Waals surface area contributed by atoms with E-state index in [9.17, 15) is 9.59 Å². The lowest BCUT2D eigenvalue weighted by Crippen LogP contribution is -2.52. The Morgan fingerprint density at radius 1 is 1.05 bits per heavy atom. The predicted octanol–water partition coefficient (Wildman–Crippen LogP) is 3.26. The zero-order valence-corrected chi connectivity index (χ0v) is 24.2. The van der Waals surface area contributed by atoms with Gasteiger partial charge < -0.3 is 29.3 Å². The number of methoxy groups -OCH3 is 1. The van der Waals surface area contributed by atoms with E-state index in [4.69, 9.17) is 14.2 Å². The maximum Gasteiger partial charge on any atom is 0.240 e. The van der Waals surface area contributed by atoms with Crippen LogP contribution in [0.4, 0.5) is 0 Å². The first-order chi connectivity index (χ1) is 19.2. The third-order valence-corrected chi connectivity index (χ3v) is 7.85. The molecule has 5 rings (SSSR count). The molecule has 216 valence electrons. The molecule has 2 aromatic rings. The molecule has 0 spiro atoms. The van der Waals surface area contributed by atoms with Gasteiger partial charge in [-0.2, -0.15) is 0 Å². The molecular weight excluding hydrogens is 508 g/mol. The van der Waals surface area contributed by atoms with Crippen LogP contribution in [0.1, 0.15) is 44.7 Å². The number of nitrogens with zero attached hydrogens (tertiary/aromatic N) is 3. The molecular formula is C31H42N4O5. The fourth-order valence-corrected chi connectivity index (χ4v) is 5.85. The van der Waals surface area contributed by atoms with Crippen molar-refractivity contribution in [1.29, 1.82) is 0 Å². The fourth-order valence-electron chi connectivity index (χ4n) is 5.85. The lowest BCUT2D eigenvalue weighted by atomic mass is 9.91. The molecule has 9 heteroatoms. The second-order valence-electron chi connectivity index (χ2n) is 12.2. The number of likely N-dealkylation sites (tertiary alicyclic amines) is 1. The van der Waals surface area contributed by atoms with E-state index >= 15 is 0 Å². The summed E-state index contributed by atoms with van der Waals surface area (Å²) in [6.45, 7) is 11.2. The molecule has 2 atom stereocenters. The van der Waals surface area contributed by atoms with Gasteiger partial charge in [-0.25, -0.2) is 0 Å². The molecule has 3 aliphatic heterocycles. The molecule has 3 aliphatic rings. The van der Waals surface area contributed by atoms with Gasteiger partial charge in [-0.05, 0) is 47.2 Å². The number of rotatable bonds is 8. The highest BCUT2D eigenvalue weighted by Crippen LogP contribution is 2.35. The van der Waals surface area contributed by atoms with Gasteiger partial charge in [0.2, 0.25) is 18.6 Å². The lowest BCUT2D eigenvalue weighted by Gasteiger charge is -2.33. The fraction of sp³-hybridized carbons (Fsp3) is 0.548. The molecule has 2 aromatic carbocycles. The minimum Gasteiger partial charge on any atom is -0.497 e. The van der Waals surface area contributed by atoms with Crippen LogP contribution >= 0.6 is 0 Å². The van der Waals surface area contributed by atoms with Crippen molar-refractivity contribution in [3.8, 4) is 17.2 Å². The minimum absolute atomic E-state index is 0.0908. The number of amides is 2. The molecule has 2 fully saturated rings. The molecule has 0 aromatic heterocycles. The summed E-state index contributed by atoms with van der Waals surface area (Å²) in [5.74, 6) is 2.50. The summed E-state index contributed by atoms with van der Waals surface area (Å²) in [5.41, 5.74) is 1.93. The Morgan fingerprint density at radius 2 is 1.82 bits per heavy atom. The lowest BCUT2D eigenvalue weighted by molar-refractivity contribution is -0.138. The summed E-state index contributed by atoms with van der Waals surface area (Å²) in [6.07, 6.45) is 1.04. The highest BCUT2D eigenvalue weighted by Gasteiger charge is 2.42. The summed E-state index contributed by atoms with van der Waals surface area (Å²) in [5, 5.41) is 3.34. The summed E-state index contributed by atoms with van der Waals surface area (Å²) in [6, 6.07) is 13.5. The minimum atomic E-state index is -0.302. The van der Waals surface area contributed by atoms with Crippen molar-refractivity contribution in [2.45, 2.75) is 58.8 Å². The number of fused-ring (bicyclic) bond motifs is 1. The molecule has 0 aliphatic carbocycles. The first-order valence-corrected chi connectivity index (χ1v) is 14.2. The topological polar surface area (TPSA) is 83.6 Å². The Hall–Kier alpha value is -3.30. The van der Waals surface area contributed by atoms with Gasteiger partial charge in [0.1, 0.15) is 5.75 Å². The van der Waals surface area contributed by atoms with E-state index in [1.807, 2.05) is 52.3 Å². The van der Waals surface area contributed by atoms with Gasteiger partial charge >= 0.3 is 0 Å². The van der Waals surface area contributed by atoms with Crippen molar-refractivity contribution in [2.24, 2.45) is 5.41 Å². The number of benzene rings is 2. The van der Waals surface area contributed by atoms with Crippen LogP contribution in [0.5, 0.6) is 17.2 Å². The van der Waals surface area contributed by atoms with E-state index in [0.29, 0.717) is 45.6 Å². The quantitative estimate of drug-likeness (QED) is 0.540. The van der Waals surface area contributed by atoms with Gasteiger partial charge in [0, 0.05) is 58.3 Å². The largest absolute Gasteiger partial charge is 0.497 e. The molecule has 2 saturated heterocycles. The SMILES string of the molecule is COc1cccc(CN(C(=O)CC(C)(C)C)[C@@H]2C[C@@H](C(=O)N3CCNCC3)N(Cc3ccc4c(c3)OCO4)C2)c1. The van der Waals surface area contributed by atoms with Crippen molar-refractivity contribution in [3.63, 3.8) is 0 Å². The number of piperazine rings is 1. The molecule has 40 heavy (non-hydrogen) atoms. The standard InChI is InChI=1S/C31H42N4O5/c1-31(2,3)17-29(36)35(19-22-6-5-7-25(14-22)38-4)24-16-26(30(37)33-12-10-32-11-13-33)34(20-24)18-23-8-9-27-28(15-23)40-21-39-27/h5-9,14-15,24,26,32H,10-13,16-21H2,1-4H3/t24-,26+/m1/s1. The van der Waals surface area contributed by atoms with Crippen LogP contribution in [0.2, 0.25) is 0 Å². The Kier molecular flexibility index (Phi) is 8.51. The van der Waals surface area contributed by atoms with E-state index in [2.05, 4.69) is 31.0 Å². The molecule has 9 nitrogen and oxygen atoms in total. The Bertz CT molecular complexity index is 1210. The summed E-state index contributed by atoms with van der Waals surface area (Å²) in [7, 11) is 1.65. The van der Waals surface area contributed by atoms with Gasteiger partial charge in [-0.15, -0.1) is 0 Å². The maximum absolute atomic E-state index is 13.9. The summed E-state index contributed by atoms with van der Waals surface area (Å²) < 4.78 is 16.6. The van der Waals surface area contributed by atoms with Crippen LogP contribution in [-0.2, 0) is 22.7 Å². The third-order valence-electron chi connectivity index (χ3n) is 7.85. The average Bonchev–Trinajstić information content (AvgIpc) is 3.58. The first kappa shape index (κ1) is 28.2. The predicted molar refractivity (Wildman–Crippen MR) is 152 cm³/mol. The van der Waals surface area contributed by atoms with Crippen LogP contribution in [0.15, 0.2) is 42.5 Å². The van der Waals surface area contributed by atoms with Gasteiger partial charge in [-0.1, -0.05) is 39.0 Å². The maximum atomic E-state index is 13.9. The van der Waals surface area contributed by atoms with E-state index < -0.39 is 0 Å². The number of carbonyl (C=O) groups is 2. The molecule has 0 radical (unpaired) electrons. The second-order valence-corrected chi connectivity index (χ2v) is 12.2. The highest BCUT2D eigenvalue weighted by atomic mass is 16.7. The van der Waals surface area contributed by atoms with E-state index in [1.54, 1.807) is 7.11 Å². The van der Waals surface area contributed by atoms with Crippen LogP contribution in [0.25, 0.3) is 0 Å². The van der Waals surface area contributed by atoms with Crippen LogP contribution in [0, 0.1) is 5.41 Å². The molecule has 2 amide bonds. The Balaban J connectivity index is 1.42. The van der Waals surface area contributed by atoms with Crippen molar-refractivity contribution in [2.75, 3.05) is 46.6 Å². The summed E-state index contributed by atoms with van der Waals surface area (Å²) in [4.78, 5) is 33.9.